The number of nitrogen functional groups attached to an aromatic ring is 1. The second kappa shape index (κ2) is 7.85. The maximum atomic E-state index is 8.78. The van der Waals surface area contributed by atoms with Crippen LogP contribution in [-0.2, 0) is 11.2 Å². The lowest BCUT2D eigenvalue weighted by atomic mass is 10.1. The first-order chi connectivity index (χ1) is 10.5. The second-order valence-electron chi connectivity index (χ2n) is 5.70. The molecule has 0 amide bonds. The second-order valence-corrected chi connectivity index (χ2v) is 6.45. The molecule has 122 valence electrons. The Labute approximate surface area is 138 Å². The minimum Gasteiger partial charge on any atom is -0.391 e. The molecule has 1 saturated heterocycles. The van der Waals surface area contributed by atoms with E-state index in [0.717, 1.165) is 41.8 Å². The molecule has 1 aliphatic rings. The largest absolute Gasteiger partial charge is 0.391 e. The van der Waals surface area contributed by atoms with Crippen LogP contribution in [0.3, 0.4) is 0 Å². The van der Waals surface area contributed by atoms with Gasteiger partial charge in [-0.15, -0.1) is 5.10 Å². The molecule has 0 aromatic carbocycles. The predicted octanol–water partition coefficient (Wildman–Crippen LogP) is 1.83. The quantitative estimate of drug-likeness (QED) is 0.835. The van der Waals surface area contributed by atoms with Crippen molar-refractivity contribution in [2.45, 2.75) is 39.2 Å². The summed E-state index contributed by atoms with van der Waals surface area (Å²) in [6, 6.07) is 0. The average Bonchev–Trinajstić information content (AvgIpc) is 2.75. The topological polar surface area (TPSA) is 98.6 Å². The molecule has 7 nitrogen and oxygen atoms in total. The highest BCUT2D eigenvalue weighted by atomic mass is 79.9. The van der Waals surface area contributed by atoms with Gasteiger partial charge in [0, 0.05) is 13.0 Å². The first kappa shape index (κ1) is 17.1. The fraction of sp³-hybridized carbons (Fsp3) is 0.643. The van der Waals surface area contributed by atoms with Gasteiger partial charge in [0.25, 0.3) is 0 Å². The van der Waals surface area contributed by atoms with Crippen LogP contribution in [0.1, 0.15) is 32.5 Å². The molecule has 0 aliphatic carbocycles. The Hall–Kier alpha value is -1.25. The number of fused-ring (bicyclic) bond motifs is 1. The average molecular weight is 372 g/mol. The third-order valence-electron chi connectivity index (χ3n) is 3.16. The number of aliphatic hydroxyl groups is 1. The van der Waals surface area contributed by atoms with Gasteiger partial charge in [-0.2, -0.15) is 0 Å². The van der Waals surface area contributed by atoms with Gasteiger partial charge < -0.3 is 15.6 Å². The zero-order valence-corrected chi connectivity index (χ0v) is 14.5. The van der Waals surface area contributed by atoms with E-state index in [1.54, 1.807) is 10.7 Å². The minimum absolute atomic E-state index is 0.186. The van der Waals surface area contributed by atoms with Crippen LogP contribution in [0.5, 0.6) is 0 Å². The van der Waals surface area contributed by atoms with Crippen LogP contribution >= 0.6 is 15.9 Å². The van der Waals surface area contributed by atoms with Crippen molar-refractivity contribution in [2.75, 3.05) is 18.9 Å². The molecule has 1 aliphatic heterocycles. The maximum absolute atomic E-state index is 8.78. The number of imidazole rings is 1. The van der Waals surface area contributed by atoms with Gasteiger partial charge in [0.05, 0.1) is 18.9 Å². The van der Waals surface area contributed by atoms with Gasteiger partial charge in [-0.3, -0.25) is 0 Å². The van der Waals surface area contributed by atoms with Gasteiger partial charge in [0.15, 0.2) is 0 Å². The van der Waals surface area contributed by atoms with Crippen LogP contribution in [-0.4, -0.2) is 44.0 Å². The Morgan fingerprint density at radius 3 is 2.86 bits per heavy atom. The molecule has 1 unspecified atom stereocenters. The van der Waals surface area contributed by atoms with Crippen molar-refractivity contribution in [3.8, 4) is 0 Å². The lowest BCUT2D eigenvalue weighted by Crippen LogP contribution is -2.21. The third-order valence-corrected chi connectivity index (χ3v) is 3.74. The minimum atomic E-state index is -0.186. The van der Waals surface area contributed by atoms with E-state index < -0.39 is 0 Å². The fourth-order valence-electron chi connectivity index (χ4n) is 2.14. The molecule has 0 radical (unpaired) electrons. The number of nitrogens with zero attached hydrogens (tertiary/aromatic N) is 4. The van der Waals surface area contributed by atoms with Crippen LogP contribution in [0, 0.1) is 5.92 Å². The van der Waals surface area contributed by atoms with E-state index in [1.165, 1.54) is 0 Å². The summed E-state index contributed by atoms with van der Waals surface area (Å²) in [6.45, 7) is 5.65. The summed E-state index contributed by atoms with van der Waals surface area (Å²) in [5.41, 5.74) is 6.39. The molecule has 2 aromatic rings. The van der Waals surface area contributed by atoms with Crippen molar-refractivity contribution in [1.82, 2.24) is 19.6 Å². The van der Waals surface area contributed by atoms with E-state index in [1.807, 2.05) is 0 Å². The number of hydrogen-bond donors (Lipinski definition) is 2. The van der Waals surface area contributed by atoms with Crippen LogP contribution in [0.25, 0.3) is 5.52 Å². The standard InChI is InChI=1S/C9H12BrN5.C5H10O2/c1-5(2)3-7-13-8(10)6-4-12-9(11)14-15(6)7;6-5-2-1-3-7-4-5/h4-5H,3H2,1-2H3,(H2,11,14);5-6H,1-4H2. The Morgan fingerprint density at radius 1 is 1.55 bits per heavy atom. The normalized spacial score (nSPS) is 18.3. The van der Waals surface area contributed by atoms with Crippen molar-refractivity contribution in [1.29, 1.82) is 0 Å². The molecule has 1 atom stereocenters. The van der Waals surface area contributed by atoms with Gasteiger partial charge in [-0.1, -0.05) is 13.8 Å². The van der Waals surface area contributed by atoms with E-state index in [9.17, 15) is 0 Å². The molecule has 8 heteroatoms. The zero-order valence-electron chi connectivity index (χ0n) is 12.9. The maximum Gasteiger partial charge on any atom is 0.238 e. The number of ether oxygens (including phenoxy) is 1. The summed E-state index contributed by atoms with van der Waals surface area (Å²) in [5, 5.41) is 12.9. The summed E-state index contributed by atoms with van der Waals surface area (Å²) in [7, 11) is 0. The van der Waals surface area contributed by atoms with Crippen LogP contribution < -0.4 is 5.73 Å². The number of halogens is 1. The van der Waals surface area contributed by atoms with Crippen molar-refractivity contribution in [3.05, 3.63) is 16.6 Å². The van der Waals surface area contributed by atoms with Gasteiger partial charge >= 0.3 is 0 Å². The zero-order chi connectivity index (χ0) is 16.1. The van der Waals surface area contributed by atoms with Gasteiger partial charge in [0.2, 0.25) is 5.95 Å². The Balaban J connectivity index is 0.000000211. The van der Waals surface area contributed by atoms with E-state index in [0.29, 0.717) is 12.5 Å². The number of nitrogens with two attached hydrogens (primary N) is 1. The van der Waals surface area contributed by atoms with Crippen LogP contribution in [0.4, 0.5) is 5.95 Å². The number of aliphatic hydroxyl groups excluding tert-OH is 1. The Bertz CT molecular complexity index is 611. The molecule has 2 aromatic heterocycles. The highest BCUT2D eigenvalue weighted by Crippen LogP contribution is 2.19. The molecule has 3 rings (SSSR count). The molecule has 0 saturated carbocycles. The molecule has 22 heavy (non-hydrogen) atoms. The molecular formula is C14H22BrN5O2. The number of anilines is 1. The summed E-state index contributed by atoms with van der Waals surface area (Å²) < 4.78 is 7.44. The smallest absolute Gasteiger partial charge is 0.238 e. The highest BCUT2D eigenvalue weighted by Gasteiger charge is 2.12. The van der Waals surface area contributed by atoms with Crippen molar-refractivity contribution >= 4 is 27.4 Å². The summed E-state index contributed by atoms with van der Waals surface area (Å²) in [4.78, 5) is 8.33. The number of aromatic nitrogens is 4. The van der Waals surface area contributed by atoms with E-state index in [2.05, 4.69) is 44.8 Å². The summed E-state index contributed by atoms with van der Waals surface area (Å²) >= 11 is 3.38. The third kappa shape index (κ3) is 4.62. The lowest BCUT2D eigenvalue weighted by Gasteiger charge is -2.15. The van der Waals surface area contributed by atoms with Crippen LogP contribution in [0.15, 0.2) is 10.8 Å². The SMILES string of the molecule is CC(C)Cc1nc(Br)c2cnc(N)nn12.OC1CCCOC1. The van der Waals surface area contributed by atoms with Gasteiger partial charge in [0.1, 0.15) is 15.9 Å². The highest BCUT2D eigenvalue weighted by molar-refractivity contribution is 9.10. The molecule has 3 N–H and O–H groups in total. The monoisotopic (exact) mass is 371 g/mol. The lowest BCUT2D eigenvalue weighted by molar-refractivity contribution is -0.00535. The molecule has 3 heterocycles. The Morgan fingerprint density at radius 2 is 2.32 bits per heavy atom. The summed E-state index contributed by atoms with van der Waals surface area (Å²) in [5.74, 6) is 1.69. The number of rotatable bonds is 2. The summed E-state index contributed by atoms with van der Waals surface area (Å²) in [6.07, 6.45) is 4.28. The van der Waals surface area contributed by atoms with E-state index in [-0.39, 0.29) is 12.1 Å². The first-order valence-corrected chi connectivity index (χ1v) is 8.18. The van der Waals surface area contributed by atoms with E-state index >= 15 is 0 Å². The molecule has 0 bridgehead atoms. The Kier molecular flexibility index (Phi) is 6.10. The fourth-order valence-corrected chi connectivity index (χ4v) is 2.62. The van der Waals surface area contributed by atoms with Gasteiger partial charge in [-0.25, -0.2) is 14.5 Å². The van der Waals surface area contributed by atoms with Crippen molar-refractivity contribution < 1.29 is 9.84 Å². The predicted molar refractivity (Wildman–Crippen MR) is 87.5 cm³/mol. The van der Waals surface area contributed by atoms with Crippen molar-refractivity contribution in [2.24, 2.45) is 5.92 Å². The van der Waals surface area contributed by atoms with E-state index in [4.69, 9.17) is 15.6 Å². The number of hydrogen-bond acceptors (Lipinski definition) is 6. The molecule has 1 fully saturated rings. The molecular weight excluding hydrogens is 350 g/mol. The van der Waals surface area contributed by atoms with Gasteiger partial charge in [-0.05, 0) is 34.7 Å². The molecule has 0 spiro atoms. The first-order valence-electron chi connectivity index (χ1n) is 7.38. The van der Waals surface area contributed by atoms with Crippen LogP contribution in [0.2, 0.25) is 0 Å². The van der Waals surface area contributed by atoms with Crippen molar-refractivity contribution in [3.63, 3.8) is 0 Å².